The van der Waals surface area contributed by atoms with Crippen LogP contribution in [0.5, 0.6) is 0 Å². The van der Waals surface area contributed by atoms with Gasteiger partial charge in [0.15, 0.2) is 0 Å². The van der Waals surface area contributed by atoms with E-state index in [-0.39, 0.29) is 29.2 Å². The van der Waals surface area contributed by atoms with Crippen LogP contribution in [-0.2, 0) is 9.59 Å². The first kappa shape index (κ1) is 10.2. The number of hydrogen-bond donors (Lipinski definition) is 2. The van der Waals surface area contributed by atoms with Crippen LogP contribution in [0.3, 0.4) is 0 Å². The Bertz CT molecular complexity index is 349. The van der Waals surface area contributed by atoms with Crippen molar-refractivity contribution in [3.63, 3.8) is 0 Å². The Morgan fingerprint density at radius 2 is 1.94 bits per heavy atom. The van der Waals surface area contributed by atoms with Gasteiger partial charge in [0.05, 0.1) is 11.8 Å². The van der Waals surface area contributed by atoms with Gasteiger partial charge >= 0.3 is 0 Å². The summed E-state index contributed by atoms with van der Waals surface area (Å²) in [6.45, 7) is 2.53. The monoisotopic (exact) mass is 223 g/mol. The Morgan fingerprint density at radius 1 is 1.25 bits per heavy atom. The van der Waals surface area contributed by atoms with Gasteiger partial charge in [-0.15, -0.1) is 0 Å². The molecule has 2 N–H and O–H groups in total. The molecule has 1 spiro atoms. The molecule has 2 amide bonds. The van der Waals surface area contributed by atoms with Crippen molar-refractivity contribution in [3.05, 3.63) is 0 Å². The molecule has 3 aliphatic heterocycles. The number of rotatable bonds is 0. The molecule has 5 nitrogen and oxygen atoms in total. The highest BCUT2D eigenvalue weighted by Gasteiger charge is 2.60. The number of likely N-dealkylation sites (tertiary alicyclic amines) is 1. The van der Waals surface area contributed by atoms with E-state index in [1.165, 1.54) is 4.90 Å². The molecule has 3 rings (SSSR count). The molecule has 0 aliphatic carbocycles. The lowest BCUT2D eigenvalue weighted by Crippen LogP contribution is -2.54. The number of imide groups is 1. The fourth-order valence-corrected chi connectivity index (χ4v) is 3.49. The number of amides is 2. The first-order valence-electron chi connectivity index (χ1n) is 5.93. The molecule has 0 aromatic rings. The summed E-state index contributed by atoms with van der Waals surface area (Å²) in [7, 11) is 1.61. The van der Waals surface area contributed by atoms with Crippen LogP contribution in [0, 0.1) is 11.8 Å². The summed E-state index contributed by atoms with van der Waals surface area (Å²) in [5, 5.41) is 6.75. The van der Waals surface area contributed by atoms with Crippen molar-refractivity contribution >= 4 is 11.8 Å². The predicted octanol–water partition coefficient (Wildman–Crippen LogP) is -1.06. The van der Waals surface area contributed by atoms with Crippen LogP contribution in [0.4, 0.5) is 0 Å². The Balaban J connectivity index is 1.94. The molecule has 0 aromatic carbocycles. The van der Waals surface area contributed by atoms with Crippen molar-refractivity contribution in [3.8, 4) is 0 Å². The van der Waals surface area contributed by atoms with E-state index >= 15 is 0 Å². The Labute approximate surface area is 94.6 Å². The summed E-state index contributed by atoms with van der Waals surface area (Å²) in [5.74, 6) is -0.220. The molecule has 2 unspecified atom stereocenters. The zero-order valence-corrected chi connectivity index (χ0v) is 9.45. The molecule has 3 heterocycles. The SMILES string of the molecule is CN1C(=O)C2CNC3(CCNCC3)C2C1=O. The van der Waals surface area contributed by atoms with Gasteiger partial charge in [0.25, 0.3) is 0 Å². The third-order valence-corrected chi connectivity index (χ3v) is 4.41. The number of hydrogen-bond acceptors (Lipinski definition) is 4. The van der Waals surface area contributed by atoms with Gasteiger partial charge < -0.3 is 10.6 Å². The fourth-order valence-electron chi connectivity index (χ4n) is 3.49. The summed E-state index contributed by atoms with van der Waals surface area (Å²) in [4.78, 5) is 25.3. The van der Waals surface area contributed by atoms with Crippen molar-refractivity contribution < 1.29 is 9.59 Å². The van der Waals surface area contributed by atoms with E-state index in [1.807, 2.05) is 0 Å². The first-order valence-corrected chi connectivity index (χ1v) is 5.93. The minimum absolute atomic E-state index is 0.00194. The summed E-state index contributed by atoms with van der Waals surface area (Å²) >= 11 is 0. The van der Waals surface area contributed by atoms with Gasteiger partial charge in [0.2, 0.25) is 11.8 Å². The van der Waals surface area contributed by atoms with Gasteiger partial charge in [-0.1, -0.05) is 0 Å². The Hall–Kier alpha value is -0.940. The molecule has 2 atom stereocenters. The quantitative estimate of drug-likeness (QED) is 0.514. The maximum Gasteiger partial charge on any atom is 0.234 e. The van der Waals surface area contributed by atoms with Crippen LogP contribution >= 0.6 is 0 Å². The second kappa shape index (κ2) is 3.28. The minimum atomic E-state index is -0.118. The highest BCUT2D eigenvalue weighted by atomic mass is 16.2. The Kier molecular flexibility index (Phi) is 2.09. The molecule has 88 valence electrons. The van der Waals surface area contributed by atoms with Crippen molar-refractivity contribution in [1.82, 2.24) is 15.5 Å². The zero-order chi connectivity index (χ0) is 11.3. The van der Waals surface area contributed by atoms with E-state index in [0.717, 1.165) is 25.9 Å². The molecule has 3 fully saturated rings. The van der Waals surface area contributed by atoms with Crippen molar-refractivity contribution in [2.24, 2.45) is 11.8 Å². The van der Waals surface area contributed by atoms with E-state index in [4.69, 9.17) is 0 Å². The maximum absolute atomic E-state index is 12.1. The number of piperidine rings is 1. The zero-order valence-electron chi connectivity index (χ0n) is 9.45. The van der Waals surface area contributed by atoms with Crippen LogP contribution in [-0.4, -0.2) is 48.9 Å². The maximum atomic E-state index is 12.1. The second-order valence-electron chi connectivity index (χ2n) is 5.11. The molecule has 0 radical (unpaired) electrons. The first-order chi connectivity index (χ1) is 7.66. The molecule has 0 aromatic heterocycles. The van der Waals surface area contributed by atoms with Crippen molar-refractivity contribution in [2.45, 2.75) is 18.4 Å². The van der Waals surface area contributed by atoms with E-state index in [0.29, 0.717) is 6.54 Å². The van der Waals surface area contributed by atoms with Crippen molar-refractivity contribution in [1.29, 1.82) is 0 Å². The molecule has 3 aliphatic rings. The fraction of sp³-hybridized carbons (Fsp3) is 0.818. The number of carbonyl (C=O) groups is 2. The third kappa shape index (κ3) is 1.13. The number of fused-ring (bicyclic) bond motifs is 2. The van der Waals surface area contributed by atoms with Gasteiger partial charge in [-0.3, -0.25) is 14.5 Å². The lowest BCUT2D eigenvalue weighted by Gasteiger charge is -2.38. The largest absolute Gasteiger partial charge is 0.317 e. The van der Waals surface area contributed by atoms with Crippen LogP contribution in [0.1, 0.15) is 12.8 Å². The Morgan fingerprint density at radius 3 is 2.62 bits per heavy atom. The smallest absolute Gasteiger partial charge is 0.234 e. The van der Waals surface area contributed by atoms with Crippen LogP contribution in [0.2, 0.25) is 0 Å². The van der Waals surface area contributed by atoms with Gasteiger partial charge in [-0.05, 0) is 25.9 Å². The van der Waals surface area contributed by atoms with E-state index in [2.05, 4.69) is 10.6 Å². The average Bonchev–Trinajstić information content (AvgIpc) is 2.75. The molecule has 3 saturated heterocycles. The van der Waals surface area contributed by atoms with Gasteiger partial charge in [-0.2, -0.15) is 0 Å². The van der Waals surface area contributed by atoms with E-state index in [1.54, 1.807) is 7.05 Å². The topological polar surface area (TPSA) is 61.4 Å². The lowest BCUT2D eigenvalue weighted by atomic mass is 9.75. The number of carbonyl (C=O) groups excluding carboxylic acids is 2. The van der Waals surface area contributed by atoms with E-state index < -0.39 is 0 Å². The predicted molar refractivity (Wildman–Crippen MR) is 57.6 cm³/mol. The standard InChI is InChI=1S/C11H17N3O2/c1-14-9(15)7-6-13-11(8(7)10(14)16)2-4-12-5-3-11/h7-8,12-13H,2-6H2,1H3. The van der Waals surface area contributed by atoms with Crippen LogP contribution < -0.4 is 10.6 Å². The van der Waals surface area contributed by atoms with Crippen LogP contribution in [0.15, 0.2) is 0 Å². The average molecular weight is 223 g/mol. The lowest BCUT2D eigenvalue weighted by molar-refractivity contribution is -0.139. The summed E-state index contributed by atoms with van der Waals surface area (Å²) in [6.07, 6.45) is 1.89. The summed E-state index contributed by atoms with van der Waals surface area (Å²) in [6, 6.07) is 0. The molecule has 0 saturated carbocycles. The summed E-state index contributed by atoms with van der Waals surface area (Å²) in [5.41, 5.74) is -0.118. The minimum Gasteiger partial charge on any atom is -0.317 e. The van der Waals surface area contributed by atoms with Gasteiger partial charge in [-0.25, -0.2) is 0 Å². The van der Waals surface area contributed by atoms with Gasteiger partial charge in [0.1, 0.15) is 0 Å². The highest BCUT2D eigenvalue weighted by Crippen LogP contribution is 2.43. The second-order valence-corrected chi connectivity index (χ2v) is 5.11. The van der Waals surface area contributed by atoms with Crippen LogP contribution in [0.25, 0.3) is 0 Å². The molecule has 5 heteroatoms. The molecule has 0 bridgehead atoms. The highest BCUT2D eigenvalue weighted by molar-refractivity contribution is 6.06. The van der Waals surface area contributed by atoms with E-state index in [9.17, 15) is 9.59 Å². The molecular formula is C11H17N3O2. The molecule has 16 heavy (non-hydrogen) atoms. The van der Waals surface area contributed by atoms with Gasteiger partial charge in [0, 0.05) is 19.1 Å². The third-order valence-electron chi connectivity index (χ3n) is 4.41. The normalized spacial score (nSPS) is 37.2. The van der Waals surface area contributed by atoms with Crippen molar-refractivity contribution in [2.75, 3.05) is 26.7 Å². The molecular weight excluding hydrogens is 206 g/mol. The number of nitrogens with zero attached hydrogens (tertiary/aromatic N) is 1. The summed E-state index contributed by atoms with van der Waals surface area (Å²) < 4.78 is 0. The number of nitrogens with one attached hydrogen (secondary N) is 2.